The molecule has 52 valence electrons. The Morgan fingerprint density at radius 1 is 1.09 bits per heavy atom. The zero-order valence-electron chi connectivity index (χ0n) is 6.41. The summed E-state index contributed by atoms with van der Waals surface area (Å²) >= 11 is 0. The molecule has 2 heteroatoms. The van der Waals surface area contributed by atoms with Crippen LogP contribution in [0.2, 0.25) is 0 Å². The number of benzene rings is 1. The topological polar surface area (TPSA) is 12.9 Å². The van der Waals surface area contributed by atoms with Gasteiger partial charge in [0.1, 0.15) is 7.85 Å². The third-order valence-corrected chi connectivity index (χ3v) is 1.83. The minimum atomic E-state index is 1.11. The fourth-order valence-corrected chi connectivity index (χ4v) is 1.26. The van der Waals surface area contributed by atoms with Gasteiger partial charge in [-0.15, -0.1) is 0 Å². The first kappa shape index (κ1) is 6.41. The van der Waals surface area contributed by atoms with Gasteiger partial charge in [0, 0.05) is 6.20 Å². The van der Waals surface area contributed by atoms with Crippen LogP contribution in [0.5, 0.6) is 0 Å². The van der Waals surface area contributed by atoms with Crippen LogP contribution in [0.15, 0.2) is 36.5 Å². The number of hydrogen-bond acceptors (Lipinski definition) is 1. The van der Waals surface area contributed by atoms with Gasteiger partial charge < -0.3 is 0 Å². The molecule has 0 saturated carbocycles. The van der Waals surface area contributed by atoms with Crippen LogP contribution in [0, 0.1) is 0 Å². The Morgan fingerprint density at radius 2 is 1.91 bits per heavy atom. The van der Waals surface area contributed by atoms with Crippen molar-refractivity contribution in [3.05, 3.63) is 36.5 Å². The molecule has 0 saturated heterocycles. The minimum absolute atomic E-state index is 1.11. The fraction of sp³-hybridized carbons (Fsp3) is 0. The molecule has 1 aromatic carbocycles. The molecule has 0 radical (unpaired) electrons. The van der Waals surface area contributed by atoms with Gasteiger partial charge in [-0.2, -0.15) is 0 Å². The molecule has 11 heavy (non-hydrogen) atoms. The van der Waals surface area contributed by atoms with Crippen molar-refractivity contribution in [2.75, 3.05) is 0 Å². The maximum Gasteiger partial charge on any atom is 0.142 e. The van der Waals surface area contributed by atoms with Crippen LogP contribution in [-0.2, 0) is 0 Å². The molecule has 0 spiro atoms. The van der Waals surface area contributed by atoms with Gasteiger partial charge in [-0.05, 0) is 11.5 Å². The average molecular weight is 141 g/mol. The van der Waals surface area contributed by atoms with Crippen LogP contribution in [0.1, 0.15) is 0 Å². The molecule has 0 unspecified atom stereocenters. The molecule has 1 heterocycles. The lowest BCUT2D eigenvalue weighted by molar-refractivity contribution is 1.42. The van der Waals surface area contributed by atoms with Gasteiger partial charge in [-0.25, -0.2) is 0 Å². The molecular weight excluding hydrogens is 133 g/mol. The molecule has 0 N–H and O–H groups in total. The van der Waals surface area contributed by atoms with Crippen LogP contribution < -0.4 is 5.46 Å². The zero-order valence-corrected chi connectivity index (χ0v) is 6.41. The van der Waals surface area contributed by atoms with E-state index < -0.39 is 0 Å². The predicted molar refractivity (Wildman–Crippen MR) is 49.9 cm³/mol. The first-order valence-corrected chi connectivity index (χ1v) is 3.68. The van der Waals surface area contributed by atoms with Crippen LogP contribution in [-0.4, -0.2) is 12.8 Å². The highest BCUT2D eigenvalue weighted by Gasteiger charge is 1.93. The molecule has 0 aliphatic heterocycles. The number of nitrogens with zero attached hydrogens (tertiary/aromatic N) is 1. The van der Waals surface area contributed by atoms with Crippen LogP contribution in [0.25, 0.3) is 10.9 Å². The van der Waals surface area contributed by atoms with E-state index in [1.54, 1.807) is 0 Å². The Kier molecular flexibility index (Phi) is 1.39. The van der Waals surface area contributed by atoms with E-state index in [1.807, 2.05) is 12.3 Å². The summed E-state index contributed by atoms with van der Waals surface area (Å²) in [5, 5.41) is 1.22. The summed E-state index contributed by atoms with van der Waals surface area (Å²) in [5.74, 6) is 0. The molecule has 0 fully saturated rings. The molecule has 0 atom stereocenters. The van der Waals surface area contributed by atoms with Crippen molar-refractivity contribution < 1.29 is 0 Å². The normalized spacial score (nSPS) is 10.2. The van der Waals surface area contributed by atoms with Crippen LogP contribution >= 0.6 is 0 Å². The molecule has 0 amide bonds. The third kappa shape index (κ3) is 1.00. The standard InChI is InChI=1S/C9H8BN/c10-8-5-1-3-7-4-2-6-11-9(7)8/h1-6H,10H2. The fourth-order valence-electron chi connectivity index (χ4n) is 1.26. The smallest absolute Gasteiger partial charge is 0.142 e. The summed E-state index contributed by atoms with van der Waals surface area (Å²) in [6, 6.07) is 10.3. The number of hydrogen-bond donors (Lipinski definition) is 0. The second kappa shape index (κ2) is 2.38. The van der Waals surface area contributed by atoms with E-state index in [0.29, 0.717) is 0 Å². The van der Waals surface area contributed by atoms with Gasteiger partial charge in [-0.3, -0.25) is 4.98 Å². The summed E-state index contributed by atoms with van der Waals surface area (Å²) < 4.78 is 0. The second-order valence-corrected chi connectivity index (χ2v) is 2.65. The Morgan fingerprint density at radius 3 is 2.73 bits per heavy atom. The highest BCUT2D eigenvalue weighted by atomic mass is 14.6. The quantitative estimate of drug-likeness (QED) is 0.486. The first-order chi connectivity index (χ1) is 5.38. The van der Waals surface area contributed by atoms with E-state index in [-0.39, 0.29) is 0 Å². The zero-order chi connectivity index (χ0) is 7.68. The van der Waals surface area contributed by atoms with Gasteiger partial charge >= 0.3 is 0 Å². The minimum Gasteiger partial charge on any atom is -0.257 e. The number of rotatable bonds is 0. The van der Waals surface area contributed by atoms with E-state index in [2.05, 4.69) is 37.1 Å². The van der Waals surface area contributed by atoms with Gasteiger partial charge in [-0.1, -0.05) is 29.7 Å². The molecule has 0 aliphatic rings. The summed E-state index contributed by atoms with van der Waals surface area (Å²) in [5.41, 5.74) is 2.35. The lowest BCUT2D eigenvalue weighted by atomic mass is 9.93. The number of fused-ring (bicyclic) bond motifs is 1. The van der Waals surface area contributed by atoms with E-state index >= 15 is 0 Å². The summed E-state index contributed by atoms with van der Waals surface area (Å²) in [4.78, 5) is 4.28. The number of aromatic nitrogens is 1. The van der Waals surface area contributed by atoms with E-state index in [0.717, 1.165) is 5.52 Å². The van der Waals surface area contributed by atoms with E-state index in [9.17, 15) is 0 Å². The van der Waals surface area contributed by atoms with Crippen molar-refractivity contribution >= 4 is 24.2 Å². The highest BCUT2D eigenvalue weighted by molar-refractivity contribution is 6.38. The van der Waals surface area contributed by atoms with Gasteiger partial charge in [0.15, 0.2) is 0 Å². The maximum absolute atomic E-state index is 4.28. The Labute approximate surface area is 66.5 Å². The van der Waals surface area contributed by atoms with Crippen LogP contribution in [0.4, 0.5) is 0 Å². The molecule has 2 rings (SSSR count). The van der Waals surface area contributed by atoms with E-state index in [4.69, 9.17) is 0 Å². The first-order valence-electron chi connectivity index (χ1n) is 3.68. The highest BCUT2D eigenvalue weighted by Crippen LogP contribution is 2.05. The lowest BCUT2D eigenvalue weighted by Gasteiger charge is -1.97. The largest absolute Gasteiger partial charge is 0.257 e. The summed E-state index contributed by atoms with van der Waals surface area (Å²) in [6.45, 7) is 0. The Hall–Kier alpha value is -1.31. The molecule has 2 aromatic rings. The molecule has 1 aromatic heterocycles. The molecule has 1 nitrogen and oxygen atoms in total. The molecular formula is C9H8BN. The molecule has 0 bridgehead atoms. The molecule has 0 aliphatic carbocycles. The van der Waals surface area contributed by atoms with Gasteiger partial charge in [0.05, 0.1) is 5.52 Å². The number of pyridine rings is 1. The maximum atomic E-state index is 4.28. The van der Waals surface area contributed by atoms with Crippen molar-refractivity contribution in [3.8, 4) is 0 Å². The lowest BCUT2D eigenvalue weighted by Crippen LogP contribution is -2.03. The van der Waals surface area contributed by atoms with Crippen molar-refractivity contribution in [3.63, 3.8) is 0 Å². The van der Waals surface area contributed by atoms with E-state index in [1.165, 1.54) is 10.8 Å². The third-order valence-electron chi connectivity index (χ3n) is 1.83. The monoisotopic (exact) mass is 141 g/mol. The second-order valence-electron chi connectivity index (χ2n) is 2.65. The predicted octanol–water partition coefficient (Wildman–Crippen LogP) is 0.493. The Bertz CT molecular complexity index is 379. The summed E-state index contributed by atoms with van der Waals surface area (Å²) in [7, 11) is 2.08. The van der Waals surface area contributed by atoms with Crippen molar-refractivity contribution in [2.45, 2.75) is 0 Å². The van der Waals surface area contributed by atoms with Crippen molar-refractivity contribution in [2.24, 2.45) is 0 Å². The Balaban J connectivity index is 2.91. The van der Waals surface area contributed by atoms with Crippen molar-refractivity contribution in [1.29, 1.82) is 0 Å². The average Bonchev–Trinajstić information content (AvgIpc) is 2.06. The summed E-state index contributed by atoms with van der Waals surface area (Å²) in [6.07, 6.45) is 1.83. The van der Waals surface area contributed by atoms with Crippen LogP contribution in [0.3, 0.4) is 0 Å². The SMILES string of the molecule is Bc1cccc2cccnc12. The van der Waals surface area contributed by atoms with Gasteiger partial charge in [0.2, 0.25) is 0 Å². The van der Waals surface area contributed by atoms with Crippen molar-refractivity contribution in [1.82, 2.24) is 4.98 Å². The van der Waals surface area contributed by atoms with Gasteiger partial charge in [0.25, 0.3) is 0 Å². The number of para-hydroxylation sites is 1.